The Morgan fingerprint density at radius 2 is 1.90 bits per heavy atom. The zero-order valence-electron chi connectivity index (χ0n) is 22.5. The molecule has 3 heterocycles. The molecule has 210 valence electrons. The van der Waals surface area contributed by atoms with E-state index in [2.05, 4.69) is 16.4 Å². The van der Waals surface area contributed by atoms with Crippen molar-refractivity contribution in [3.63, 3.8) is 0 Å². The number of likely N-dealkylation sites (tertiary alicyclic amines) is 1. The van der Waals surface area contributed by atoms with Crippen LogP contribution in [0.3, 0.4) is 0 Å². The molecule has 1 aliphatic carbocycles. The number of aromatic nitrogens is 2. The van der Waals surface area contributed by atoms with Gasteiger partial charge >= 0.3 is 12.7 Å². The molecule has 1 saturated carbocycles. The quantitative estimate of drug-likeness (QED) is 0.457. The summed E-state index contributed by atoms with van der Waals surface area (Å²) in [6.45, 7) is 2.54. The van der Waals surface area contributed by atoms with E-state index in [1.807, 2.05) is 0 Å². The summed E-state index contributed by atoms with van der Waals surface area (Å²) in [5.74, 6) is -0.778. The minimum absolute atomic E-state index is 0.00726. The number of hydrogen-bond donors (Lipinski definition) is 1. The highest BCUT2D eigenvalue weighted by Gasteiger charge is 2.48. The molecule has 0 bridgehead atoms. The van der Waals surface area contributed by atoms with Crippen LogP contribution in [0.25, 0.3) is 16.9 Å². The Bertz CT molecular complexity index is 1510. The third-order valence-electron chi connectivity index (χ3n) is 6.79. The molecule has 0 radical (unpaired) electrons. The number of rotatable bonds is 7. The van der Waals surface area contributed by atoms with Crippen molar-refractivity contribution in [2.24, 2.45) is 0 Å². The van der Waals surface area contributed by atoms with Crippen molar-refractivity contribution in [3.8, 4) is 28.8 Å². The summed E-state index contributed by atoms with van der Waals surface area (Å²) in [4.78, 5) is 31.2. The SMILES string of the molecule is COc1cc(-c2cnc3cc(C4(C#N)CN(C(=O)OC(C)(C)C)C4)ccn23)cc(OC(F)F)c1C(=O)NC1CC1. The molecule has 0 atom stereocenters. The molecular formula is C28H29F2N5O5. The zero-order chi connectivity index (χ0) is 28.8. The molecule has 3 aromatic rings. The first-order valence-electron chi connectivity index (χ1n) is 12.8. The maximum atomic E-state index is 13.3. The summed E-state index contributed by atoms with van der Waals surface area (Å²) in [6, 6.07) is 8.78. The molecule has 2 aromatic heterocycles. The van der Waals surface area contributed by atoms with E-state index >= 15 is 0 Å². The summed E-state index contributed by atoms with van der Waals surface area (Å²) < 4.78 is 43.9. The van der Waals surface area contributed by atoms with Gasteiger partial charge in [-0.2, -0.15) is 14.0 Å². The molecule has 1 aromatic carbocycles. The van der Waals surface area contributed by atoms with E-state index < -0.39 is 29.6 Å². The largest absolute Gasteiger partial charge is 0.496 e. The first-order chi connectivity index (χ1) is 18.9. The number of hydrogen-bond acceptors (Lipinski definition) is 7. The number of imidazole rings is 1. The zero-order valence-corrected chi connectivity index (χ0v) is 22.5. The van der Waals surface area contributed by atoms with Gasteiger partial charge in [-0.05, 0) is 63.4 Å². The lowest BCUT2D eigenvalue weighted by Crippen LogP contribution is -2.61. The van der Waals surface area contributed by atoms with E-state index in [9.17, 15) is 23.6 Å². The molecule has 2 fully saturated rings. The summed E-state index contributed by atoms with van der Waals surface area (Å²) in [7, 11) is 1.35. The fraction of sp³-hybridized carbons (Fsp3) is 0.429. The monoisotopic (exact) mass is 553 g/mol. The summed E-state index contributed by atoms with van der Waals surface area (Å²) in [5.41, 5.74) is 0.492. The average molecular weight is 554 g/mol. The van der Waals surface area contributed by atoms with Crippen LogP contribution in [0.15, 0.2) is 36.7 Å². The highest BCUT2D eigenvalue weighted by molar-refractivity contribution is 6.01. The summed E-state index contributed by atoms with van der Waals surface area (Å²) in [5, 5.41) is 12.8. The number of alkyl halides is 2. The Morgan fingerprint density at radius 1 is 1.20 bits per heavy atom. The van der Waals surface area contributed by atoms with Gasteiger partial charge in [0.2, 0.25) is 0 Å². The van der Waals surface area contributed by atoms with Crippen LogP contribution in [-0.4, -0.2) is 64.7 Å². The number of benzene rings is 1. The van der Waals surface area contributed by atoms with Crippen molar-refractivity contribution in [1.29, 1.82) is 5.26 Å². The molecule has 1 aliphatic heterocycles. The number of nitrogens with one attached hydrogen (secondary N) is 1. The van der Waals surface area contributed by atoms with Gasteiger partial charge in [-0.25, -0.2) is 9.78 Å². The van der Waals surface area contributed by atoms with Gasteiger partial charge in [-0.1, -0.05) is 0 Å². The lowest BCUT2D eigenvalue weighted by molar-refractivity contribution is -0.0502. The van der Waals surface area contributed by atoms with Crippen LogP contribution in [0.4, 0.5) is 13.6 Å². The number of amides is 2. The Morgan fingerprint density at radius 3 is 2.50 bits per heavy atom. The Kier molecular flexibility index (Phi) is 6.77. The maximum Gasteiger partial charge on any atom is 0.410 e. The average Bonchev–Trinajstić information content (AvgIpc) is 3.56. The lowest BCUT2D eigenvalue weighted by atomic mass is 9.75. The van der Waals surface area contributed by atoms with Gasteiger partial charge in [0.15, 0.2) is 0 Å². The molecule has 1 N–H and O–H groups in total. The van der Waals surface area contributed by atoms with Crippen molar-refractivity contribution >= 4 is 17.6 Å². The van der Waals surface area contributed by atoms with E-state index in [1.165, 1.54) is 18.1 Å². The maximum absolute atomic E-state index is 13.3. The number of ether oxygens (including phenoxy) is 3. The number of nitrogens with zero attached hydrogens (tertiary/aromatic N) is 4. The molecule has 1 saturated heterocycles. The van der Waals surface area contributed by atoms with Crippen LogP contribution in [0, 0.1) is 11.3 Å². The smallest absolute Gasteiger partial charge is 0.410 e. The van der Waals surface area contributed by atoms with E-state index in [0.29, 0.717) is 22.5 Å². The standard InChI is InChI=1S/C28H29F2N5O5/c1-27(2,3)40-26(37)34-14-28(13-31,15-34)17-7-8-35-19(12-32-22(35)11-17)16-9-20(38-4)23(21(10-16)39-25(29)30)24(36)33-18-5-6-18/h7-12,18,25H,5-6,14-15H2,1-4H3,(H,33,36). The lowest BCUT2D eigenvalue weighted by Gasteiger charge is -2.45. The van der Waals surface area contributed by atoms with Crippen LogP contribution in [-0.2, 0) is 10.2 Å². The van der Waals surface area contributed by atoms with Crippen molar-refractivity contribution in [3.05, 3.63) is 47.8 Å². The number of fused-ring (bicyclic) bond motifs is 1. The van der Waals surface area contributed by atoms with Gasteiger partial charge in [-0.15, -0.1) is 0 Å². The van der Waals surface area contributed by atoms with Crippen LogP contribution >= 0.6 is 0 Å². The number of nitriles is 1. The summed E-state index contributed by atoms with van der Waals surface area (Å²) >= 11 is 0. The molecule has 0 unspecified atom stereocenters. The Hall–Kier alpha value is -4.40. The van der Waals surface area contributed by atoms with Crippen LogP contribution < -0.4 is 14.8 Å². The van der Waals surface area contributed by atoms with Gasteiger partial charge in [0.1, 0.15) is 33.7 Å². The third kappa shape index (κ3) is 5.23. The fourth-order valence-corrected chi connectivity index (χ4v) is 4.67. The number of carbonyl (C=O) groups excluding carboxylic acids is 2. The number of methoxy groups -OCH3 is 1. The molecule has 0 spiro atoms. The first-order valence-corrected chi connectivity index (χ1v) is 12.8. The minimum Gasteiger partial charge on any atom is -0.496 e. The minimum atomic E-state index is -3.15. The highest BCUT2D eigenvalue weighted by Crippen LogP contribution is 2.39. The molecule has 12 heteroatoms. The first kappa shape index (κ1) is 27.2. The van der Waals surface area contributed by atoms with Crippen molar-refractivity contribution < 1.29 is 32.6 Å². The van der Waals surface area contributed by atoms with Gasteiger partial charge in [0, 0.05) is 30.9 Å². The molecule has 2 aliphatic rings. The predicted molar refractivity (Wildman–Crippen MR) is 139 cm³/mol. The van der Waals surface area contributed by atoms with Gasteiger partial charge in [0.05, 0.1) is 25.1 Å². The van der Waals surface area contributed by atoms with Gasteiger partial charge in [0.25, 0.3) is 5.91 Å². The topological polar surface area (TPSA) is 118 Å². The molecule has 5 rings (SSSR count). The number of pyridine rings is 1. The molecular weight excluding hydrogens is 524 g/mol. The normalized spacial score (nSPS) is 16.3. The number of carbonyl (C=O) groups is 2. The predicted octanol–water partition coefficient (Wildman–Crippen LogP) is 4.52. The van der Waals surface area contributed by atoms with Crippen molar-refractivity contribution in [2.75, 3.05) is 20.2 Å². The second-order valence-electron chi connectivity index (χ2n) is 11.0. The fourth-order valence-electron chi connectivity index (χ4n) is 4.67. The second-order valence-corrected chi connectivity index (χ2v) is 11.0. The number of halogens is 2. The van der Waals surface area contributed by atoms with E-state index in [-0.39, 0.29) is 36.2 Å². The van der Waals surface area contributed by atoms with Crippen molar-refractivity contribution in [2.45, 2.75) is 57.3 Å². The highest BCUT2D eigenvalue weighted by atomic mass is 19.3. The van der Waals surface area contributed by atoms with Gasteiger partial charge in [-0.3, -0.25) is 9.20 Å². The molecule has 2 amide bonds. The molecule has 10 nitrogen and oxygen atoms in total. The Balaban J connectivity index is 1.46. The van der Waals surface area contributed by atoms with E-state index in [0.717, 1.165) is 12.8 Å². The van der Waals surface area contributed by atoms with Crippen LogP contribution in [0.1, 0.15) is 49.5 Å². The van der Waals surface area contributed by atoms with E-state index in [4.69, 9.17) is 14.2 Å². The molecule has 40 heavy (non-hydrogen) atoms. The van der Waals surface area contributed by atoms with Crippen molar-refractivity contribution in [1.82, 2.24) is 19.6 Å². The van der Waals surface area contributed by atoms with Crippen LogP contribution in [0.2, 0.25) is 0 Å². The Labute approximate surface area is 229 Å². The van der Waals surface area contributed by atoms with E-state index in [1.54, 1.807) is 55.8 Å². The van der Waals surface area contributed by atoms with Crippen LogP contribution in [0.5, 0.6) is 11.5 Å². The third-order valence-corrected chi connectivity index (χ3v) is 6.79. The second kappa shape index (κ2) is 9.97. The summed E-state index contributed by atoms with van der Waals surface area (Å²) in [6.07, 6.45) is 4.44. The van der Waals surface area contributed by atoms with Gasteiger partial charge < -0.3 is 24.4 Å².